The normalized spacial score (nSPS) is 14.9. The van der Waals surface area contributed by atoms with E-state index in [1.807, 2.05) is 43.0 Å². The highest BCUT2D eigenvalue weighted by atomic mass is 16.2. The predicted molar refractivity (Wildman–Crippen MR) is 108 cm³/mol. The molecule has 0 bridgehead atoms. The number of nitrogens with zero attached hydrogens (tertiary/aromatic N) is 3. The standard InChI is InChI=1S/C21H29N5O2/c1-15-4-3-5-18(14-15)23-20(27)8-6-17-10-12-26(13-11-17)21(28)9-7-19-22-16(2)24-25-19/h3-5,14,17H,6-13H2,1-2H3,(H,23,27)(H,22,24,25). The Morgan fingerprint density at radius 2 is 2.00 bits per heavy atom. The van der Waals surface area contributed by atoms with Crippen molar-refractivity contribution >= 4 is 17.5 Å². The number of aryl methyl sites for hydroxylation is 3. The van der Waals surface area contributed by atoms with Gasteiger partial charge in [-0.25, -0.2) is 4.98 Å². The zero-order chi connectivity index (χ0) is 19.9. The minimum Gasteiger partial charge on any atom is -0.343 e. The van der Waals surface area contributed by atoms with Crippen LogP contribution in [0.15, 0.2) is 24.3 Å². The van der Waals surface area contributed by atoms with E-state index in [-0.39, 0.29) is 11.8 Å². The van der Waals surface area contributed by atoms with Crippen molar-refractivity contribution in [1.29, 1.82) is 0 Å². The van der Waals surface area contributed by atoms with Gasteiger partial charge in [0, 0.05) is 38.0 Å². The summed E-state index contributed by atoms with van der Waals surface area (Å²) < 4.78 is 0. The molecule has 1 aliphatic rings. The van der Waals surface area contributed by atoms with Crippen LogP contribution in [0.2, 0.25) is 0 Å². The first kappa shape index (κ1) is 20.0. The van der Waals surface area contributed by atoms with Crippen LogP contribution in [0.5, 0.6) is 0 Å². The summed E-state index contributed by atoms with van der Waals surface area (Å²) in [5, 5.41) is 9.84. The highest BCUT2D eigenvalue weighted by Gasteiger charge is 2.23. The molecule has 150 valence electrons. The molecule has 7 nitrogen and oxygen atoms in total. The highest BCUT2D eigenvalue weighted by Crippen LogP contribution is 2.23. The molecule has 0 unspecified atom stereocenters. The summed E-state index contributed by atoms with van der Waals surface area (Å²) >= 11 is 0. The number of hydrogen-bond donors (Lipinski definition) is 2. The first-order valence-corrected chi connectivity index (χ1v) is 10.0. The quantitative estimate of drug-likeness (QED) is 0.769. The number of nitrogens with one attached hydrogen (secondary N) is 2. The Bertz CT molecular complexity index is 809. The molecule has 2 heterocycles. The van der Waals surface area contributed by atoms with E-state index in [2.05, 4.69) is 20.5 Å². The first-order chi connectivity index (χ1) is 13.5. The molecule has 0 aliphatic carbocycles. The van der Waals surface area contributed by atoms with Crippen LogP contribution >= 0.6 is 0 Å². The Morgan fingerprint density at radius 1 is 1.21 bits per heavy atom. The number of carbonyl (C=O) groups is 2. The van der Waals surface area contributed by atoms with Crippen molar-refractivity contribution in [3.05, 3.63) is 41.5 Å². The maximum Gasteiger partial charge on any atom is 0.224 e. The van der Waals surface area contributed by atoms with Crippen molar-refractivity contribution in [2.75, 3.05) is 18.4 Å². The van der Waals surface area contributed by atoms with Crippen LogP contribution in [0.1, 0.15) is 49.3 Å². The lowest BCUT2D eigenvalue weighted by Gasteiger charge is -2.32. The molecular weight excluding hydrogens is 354 g/mol. The molecule has 7 heteroatoms. The van der Waals surface area contributed by atoms with Crippen LogP contribution in [0.3, 0.4) is 0 Å². The van der Waals surface area contributed by atoms with E-state index in [9.17, 15) is 9.59 Å². The molecule has 2 aromatic rings. The van der Waals surface area contributed by atoms with Gasteiger partial charge in [0.2, 0.25) is 11.8 Å². The lowest BCUT2D eigenvalue weighted by molar-refractivity contribution is -0.132. The largest absolute Gasteiger partial charge is 0.343 e. The number of H-pyrrole nitrogens is 1. The van der Waals surface area contributed by atoms with Crippen molar-refractivity contribution in [2.24, 2.45) is 5.92 Å². The maximum atomic E-state index is 12.4. The van der Waals surface area contributed by atoms with Gasteiger partial charge in [0.15, 0.2) is 5.82 Å². The van der Waals surface area contributed by atoms with E-state index in [1.54, 1.807) is 0 Å². The third-order valence-electron chi connectivity index (χ3n) is 5.25. The number of rotatable bonds is 7. The number of carbonyl (C=O) groups excluding carboxylic acids is 2. The summed E-state index contributed by atoms with van der Waals surface area (Å²) in [6.45, 7) is 5.41. The Hall–Kier alpha value is -2.70. The van der Waals surface area contributed by atoms with Gasteiger partial charge in [-0.15, -0.1) is 0 Å². The lowest BCUT2D eigenvalue weighted by atomic mass is 9.92. The Balaban J connectivity index is 1.34. The van der Waals surface area contributed by atoms with E-state index in [4.69, 9.17) is 0 Å². The van der Waals surface area contributed by atoms with Crippen LogP contribution in [0, 0.1) is 19.8 Å². The second-order valence-electron chi connectivity index (χ2n) is 7.62. The smallest absolute Gasteiger partial charge is 0.224 e. The first-order valence-electron chi connectivity index (χ1n) is 10.0. The molecule has 1 aromatic heterocycles. The van der Waals surface area contributed by atoms with Gasteiger partial charge < -0.3 is 10.2 Å². The topological polar surface area (TPSA) is 91.0 Å². The summed E-state index contributed by atoms with van der Waals surface area (Å²) in [5.41, 5.74) is 1.99. The monoisotopic (exact) mass is 383 g/mol. The fourth-order valence-corrected chi connectivity index (χ4v) is 3.63. The van der Waals surface area contributed by atoms with Crippen LogP contribution in [0.25, 0.3) is 0 Å². The SMILES string of the molecule is Cc1cccc(NC(=O)CCC2CCN(C(=O)CCc3n[nH]c(C)n3)CC2)c1. The molecule has 2 N–H and O–H groups in total. The minimum atomic E-state index is 0.0610. The molecule has 0 spiro atoms. The summed E-state index contributed by atoms with van der Waals surface area (Å²) in [6.07, 6.45) is 4.34. The van der Waals surface area contributed by atoms with E-state index in [0.717, 1.165) is 49.4 Å². The van der Waals surface area contributed by atoms with Crippen molar-refractivity contribution < 1.29 is 9.59 Å². The molecule has 3 rings (SSSR count). The minimum absolute atomic E-state index is 0.0610. The van der Waals surface area contributed by atoms with Gasteiger partial charge in [0.05, 0.1) is 0 Å². The number of hydrogen-bond acceptors (Lipinski definition) is 4. The molecule has 28 heavy (non-hydrogen) atoms. The van der Waals surface area contributed by atoms with Crippen LogP contribution in [-0.2, 0) is 16.0 Å². The summed E-state index contributed by atoms with van der Waals surface area (Å²) in [5.74, 6) is 2.20. The van der Waals surface area contributed by atoms with E-state index < -0.39 is 0 Å². The molecule has 2 amide bonds. The van der Waals surface area contributed by atoms with Gasteiger partial charge in [0.25, 0.3) is 0 Å². The van der Waals surface area contributed by atoms with Crippen molar-refractivity contribution in [3.63, 3.8) is 0 Å². The second kappa shape index (κ2) is 9.48. The van der Waals surface area contributed by atoms with E-state index in [0.29, 0.717) is 31.0 Å². The number of amides is 2. The van der Waals surface area contributed by atoms with Crippen molar-refractivity contribution in [1.82, 2.24) is 20.1 Å². The number of anilines is 1. The van der Waals surface area contributed by atoms with Crippen molar-refractivity contribution in [2.45, 2.75) is 52.4 Å². The number of benzene rings is 1. The average Bonchev–Trinajstić information content (AvgIpc) is 3.10. The molecule has 1 fully saturated rings. The van der Waals surface area contributed by atoms with Gasteiger partial charge in [-0.1, -0.05) is 12.1 Å². The maximum absolute atomic E-state index is 12.4. The summed E-state index contributed by atoms with van der Waals surface area (Å²) in [4.78, 5) is 30.7. The highest BCUT2D eigenvalue weighted by molar-refractivity contribution is 5.90. The third-order valence-corrected chi connectivity index (χ3v) is 5.25. The third kappa shape index (κ3) is 5.90. The second-order valence-corrected chi connectivity index (χ2v) is 7.62. The van der Waals surface area contributed by atoms with Gasteiger partial charge >= 0.3 is 0 Å². The fraction of sp³-hybridized carbons (Fsp3) is 0.524. The Kier molecular flexibility index (Phi) is 6.79. The lowest BCUT2D eigenvalue weighted by Crippen LogP contribution is -2.38. The van der Waals surface area contributed by atoms with Crippen LogP contribution < -0.4 is 5.32 Å². The van der Waals surface area contributed by atoms with Gasteiger partial charge in [-0.3, -0.25) is 14.7 Å². The molecule has 1 aliphatic heterocycles. The molecule has 0 saturated carbocycles. The van der Waals surface area contributed by atoms with Crippen LogP contribution in [-0.4, -0.2) is 45.0 Å². The molecule has 1 aromatic carbocycles. The Morgan fingerprint density at radius 3 is 2.68 bits per heavy atom. The number of aromatic amines is 1. The number of likely N-dealkylation sites (tertiary alicyclic amines) is 1. The summed E-state index contributed by atoms with van der Waals surface area (Å²) in [7, 11) is 0. The zero-order valence-corrected chi connectivity index (χ0v) is 16.7. The van der Waals surface area contributed by atoms with E-state index >= 15 is 0 Å². The van der Waals surface area contributed by atoms with Crippen molar-refractivity contribution in [3.8, 4) is 0 Å². The average molecular weight is 383 g/mol. The number of aromatic nitrogens is 3. The number of piperidine rings is 1. The van der Waals surface area contributed by atoms with Crippen LogP contribution in [0.4, 0.5) is 5.69 Å². The molecular formula is C21H29N5O2. The molecule has 0 atom stereocenters. The van der Waals surface area contributed by atoms with Gasteiger partial charge in [-0.05, 0) is 56.7 Å². The van der Waals surface area contributed by atoms with Gasteiger partial charge in [-0.2, -0.15) is 5.10 Å². The fourth-order valence-electron chi connectivity index (χ4n) is 3.63. The molecule has 0 radical (unpaired) electrons. The Labute approximate surface area is 165 Å². The zero-order valence-electron chi connectivity index (χ0n) is 16.7. The van der Waals surface area contributed by atoms with Gasteiger partial charge in [0.1, 0.15) is 5.82 Å². The molecule has 1 saturated heterocycles. The predicted octanol–water partition coefficient (Wildman–Crippen LogP) is 3.01. The van der Waals surface area contributed by atoms with E-state index in [1.165, 1.54) is 0 Å². The summed E-state index contributed by atoms with van der Waals surface area (Å²) in [6, 6.07) is 7.84.